The molecule has 0 spiro atoms. The van der Waals surface area contributed by atoms with Crippen LogP contribution in [0.2, 0.25) is 0 Å². The predicted molar refractivity (Wildman–Crippen MR) is 308 cm³/mol. The molecule has 8 heteroatoms. The Labute approximate surface area is 432 Å². The highest BCUT2D eigenvalue weighted by Crippen LogP contribution is 2.30. The molecule has 0 aliphatic carbocycles. The molecule has 0 atom stereocenters. The van der Waals surface area contributed by atoms with Gasteiger partial charge in [0, 0.05) is 0 Å². The van der Waals surface area contributed by atoms with Crippen LogP contribution in [-0.4, -0.2) is 8.42 Å². The van der Waals surface area contributed by atoms with Gasteiger partial charge >= 0.3 is 19.8 Å². The van der Waals surface area contributed by atoms with Crippen molar-refractivity contribution in [1.82, 2.24) is 0 Å². The first-order chi connectivity index (χ1) is 33.1. The lowest BCUT2D eigenvalue weighted by molar-refractivity contribution is 0.528. The first kappa shape index (κ1) is 67.4. The second-order valence-electron chi connectivity index (χ2n) is 21.2. The summed E-state index contributed by atoms with van der Waals surface area (Å²) in [6, 6.07) is 4.55. The number of hydrogen-bond acceptors (Lipinski definition) is 4. The molecule has 1 rings (SSSR count). The van der Waals surface area contributed by atoms with E-state index in [2.05, 4.69) is 43.2 Å². The van der Waals surface area contributed by atoms with E-state index in [1.54, 1.807) is 0 Å². The molecule has 0 aromatic heterocycles. The number of halogens is 1. The smallest absolute Gasteiger partial charge is 0.230 e. The number of benzene rings is 1. The van der Waals surface area contributed by atoms with Crippen LogP contribution < -0.4 is 10.3 Å². The minimum Gasteiger partial charge on any atom is -0.230 e. The van der Waals surface area contributed by atoms with E-state index < -0.39 is 30.0 Å². The van der Waals surface area contributed by atoms with Gasteiger partial charge in [0.15, 0.2) is 0 Å². The number of aryl methyl sites for hydroxylation is 3. The number of hydrogen-bond donors (Lipinski definition) is 2. The Kier molecular flexibility index (Phi) is 52.3. The van der Waals surface area contributed by atoms with Gasteiger partial charge in [-0.1, -0.05) is 316 Å². The molecule has 0 heterocycles. The highest BCUT2D eigenvalue weighted by Gasteiger charge is 2.14. The Bertz CT molecular complexity index is 1370. The van der Waals surface area contributed by atoms with Crippen LogP contribution in [0, 0.1) is 3.57 Å². The molecule has 68 heavy (non-hydrogen) atoms. The first-order valence-electron chi connectivity index (χ1n) is 30.1. The van der Waals surface area contributed by atoms with Gasteiger partial charge in [0.1, 0.15) is 0 Å². The molecule has 1 aromatic carbocycles. The monoisotopic (exact) mass is 1090 g/mol. The van der Waals surface area contributed by atoms with E-state index in [4.69, 9.17) is 0 Å². The molecule has 0 bridgehead atoms. The number of unbranched alkanes of at least 4 members (excludes halogenated alkanes) is 45. The molecule has 404 valence electrons. The molecular weight excluding hydrogens is 972 g/mol. The van der Waals surface area contributed by atoms with Crippen LogP contribution in [0.4, 0.5) is 0 Å². The lowest BCUT2D eigenvalue weighted by Crippen LogP contribution is -2.21. The van der Waals surface area contributed by atoms with Crippen molar-refractivity contribution >= 4 is 30.0 Å². The van der Waals surface area contributed by atoms with Crippen molar-refractivity contribution in [2.75, 3.05) is 0 Å². The molecule has 0 radical (unpaired) electrons. The van der Waals surface area contributed by atoms with Gasteiger partial charge < -0.3 is 0 Å². The summed E-state index contributed by atoms with van der Waals surface area (Å²) < 4.78 is 44.6. The molecule has 0 saturated carbocycles. The lowest BCUT2D eigenvalue weighted by Gasteiger charge is -2.15. The summed E-state index contributed by atoms with van der Waals surface area (Å²) in [6.07, 6.45) is 69.8. The molecule has 4 N–H and O–H groups in total. The van der Waals surface area contributed by atoms with Crippen LogP contribution >= 0.6 is 19.8 Å². The minimum atomic E-state index is -3.67. The Balaban J connectivity index is 0.00000848. The van der Waals surface area contributed by atoms with Crippen LogP contribution in [0.3, 0.4) is 0 Å². The standard InChI is InChI=1S/C60H113IO2.H4N2O2S/c1-4-7-10-13-16-19-22-25-28-31-34-37-40-43-46-49-52-57-55-59(54-51-48-45-42-39-36-33-30-27-24-21-18-15-12-9-6-3)60(61(62)63)56-58(57)53-50-47-44-41-38-35-32-29-26-23-20-17-14-11-8-5-2;1-5(2,3)4/h55-56H,4-54H2,1-3H3;(H4,1,2,3,4). The molecule has 0 unspecified atom stereocenters. The quantitative estimate of drug-likeness (QED) is 0.0499. The van der Waals surface area contributed by atoms with Gasteiger partial charge in [-0.15, -0.1) is 0 Å². The van der Waals surface area contributed by atoms with Gasteiger partial charge in [-0.25, -0.2) is 16.4 Å². The summed E-state index contributed by atoms with van der Waals surface area (Å²) >= 11 is -3.55. The summed E-state index contributed by atoms with van der Waals surface area (Å²) in [4.78, 5) is 0. The summed E-state index contributed by atoms with van der Waals surface area (Å²) in [5.74, 6) is 0. The topological polar surface area (TPSA) is 120 Å². The molecule has 1 aromatic rings. The van der Waals surface area contributed by atoms with Crippen LogP contribution in [0.15, 0.2) is 12.1 Å². The number of rotatable bonds is 52. The normalized spacial score (nSPS) is 11.7. The zero-order chi connectivity index (χ0) is 49.9. The van der Waals surface area contributed by atoms with Gasteiger partial charge in [0.25, 0.3) is 10.2 Å². The first-order valence-corrected chi connectivity index (χ1v) is 34.6. The largest absolute Gasteiger partial charge is 0.341 e. The van der Waals surface area contributed by atoms with Crippen molar-refractivity contribution in [2.45, 2.75) is 348 Å². The van der Waals surface area contributed by atoms with Crippen LogP contribution in [0.25, 0.3) is 0 Å². The highest BCUT2D eigenvalue weighted by atomic mass is 127. The molecule has 0 aliphatic heterocycles. The maximum absolute atomic E-state index is 12.7. The number of nitrogens with two attached hydrogens (primary N) is 2. The molecular formula is C60H117IN2O4S. The fraction of sp³-hybridized carbons (Fsp3) is 0.900. The average molecular weight is 1090 g/mol. The third-order valence-corrected chi connectivity index (χ3v) is 16.4. The molecule has 0 aliphatic rings. The fourth-order valence-corrected chi connectivity index (χ4v) is 11.7. The fourth-order valence-electron chi connectivity index (χ4n) is 10.1. The molecule has 6 nitrogen and oxygen atoms in total. The van der Waals surface area contributed by atoms with Crippen LogP contribution in [0.5, 0.6) is 0 Å². The second kappa shape index (κ2) is 52.7. The van der Waals surface area contributed by atoms with E-state index in [0.717, 1.165) is 34.8 Å². The molecule has 0 fully saturated rings. The highest BCUT2D eigenvalue weighted by molar-refractivity contribution is 14.2. The molecule has 0 amide bonds. The van der Waals surface area contributed by atoms with E-state index in [-0.39, 0.29) is 0 Å². The van der Waals surface area contributed by atoms with E-state index in [0.29, 0.717) is 0 Å². The third kappa shape index (κ3) is 50.4. The predicted octanol–water partition coefficient (Wildman–Crippen LogP) is 20.6. The maximum atomic E-state index is 12.7. The van der Waals surface area contributed by atoms with Crippen LogP contribution in [-0.2, 0) is 35.6 Å². The van der Waals surface area contributed by atoms with E-state index in [1.807, 2.05) is 0 Å². The van der Waals surface area contributed by atoms with Gasteiger partial charge in [-0.3, -0.25) is 0 Å². The zero-order valence-electron chi connectivity index (χ0n) is 45.8. The summed E-state index contributed by atoms with van der Waals surface area (Å²) in [7, 11) is -3.67. The van der Waals surface area contributed by atoms with Gasteiger partial charge in [0.05, 0.1) is 3.57 Å². The Morgan fingerprint density at radius 1 is 0.294 bits per heavy atom. The van der Waals surface area contributed by atoms with Crippen LogP contribution in [0.1, 0.15) is 346 Å². The van der Waals surface area contributed by atoms with E-state index in [9.17, 15) is 14.6 Å². The van der Waals surface area contributed by atoms with Crippen molar-refractivity contribution in [1.29, 1.82) is 0 Å². The van der Waals surface area contributed by atoms with Crippen molar-refractivity contribution in [2.24, 2.45) is 10.3 Å². The molecule has 0 saturated heterocycles. The lowest BCUT2D eigenvalue weighted by atomic mass is 9.93. The van der Waals surface area contributed by atoms with Crippen molar-refractivity contribution in [3.8, 4) is 0 Å². The van der Waals surface area contributed by atoms with E-state index >= 15 is 0 Å². The third-order valence-electron chi connectivity index (χ3n) is 14.4. The summed E-state index contributed by atoms with van der Waals surface area (Å²) in [6.45, 7) is 6.91. The van der Waals surface area contributed by atoms with Gasteiger partial charge in [-0.2, -0.15) is 8.42 Å². The van der Waals surface area contributed by atoms with Crippen molar-refractivity contribution < 1.29 is 14.6 Å². The SMILES string of the molecule is CCCCCCCCCCCCCCCCCCc1cc(CCCCCCCCCCCCCCCCCC)c(I(=O)=O)cc1CCCCCCCCCCCCCCCCCC.NS(N)(=O)=O. The maximum Gasteiger partial charge on any atom is 0.341 e. The van der Waals surface area contributed by atoms with Gasteiger partial charge in [0.2, 0.25) is 0 Å². The Morgan fingerprint density at radius 2 is 0.456 bits per heavy atom. The van der Waals surface area contributed by atoms with Gasteiger partial charge in [-0.05, 0) is 61.3 Å². The Morgan fingerprint density at radius 3 is 0.647 bits per heavy atom. The Hall–Kier alpha value is -0.580. The van der Waals surface area contributed by atoms with Crippen molar-refractivity contribution in [3.05, 3.63) is 32.4 Å². The average Bonchev–Trinajstić information content (AvgIpc) is 3.30. The summed E-state index contributed by atoms with van der Waals surface area (Å²) in [5.41, 5.74) is 3.99. The zero-order valence-corrected chi connectivity index (χ0v) is 48.8. The second-order valence-corrected chi connectivity index (χ2v) is 24.8. The summed E-state index contributed by atoms with van der Waals surface area (Å²) in [5, 5.41) is 8.21. The van der Waals surface area contributed by atoms with E-state index in [1.165, 1.54) is 313 Å². The van der Waals surface area contributed by atoms with Crippen molar-refractivity contribution in [3.63, 3.8) is 0 Å². The minimum absolute atomic E-state index is 0.724.